The van der Waals surface area contributed by atoms with Gasteiger partial charge in [-0.3, -0.25) is 9.97 Å². The Kier molecular flexibility index (Phi) is 5.14. The number of pyridine rings is 3. The molecule has 0 aliphatic rings. The molecule has 3 heteroatoms. The monoisotopic (exact) mass is 509 g/mol. The van der Waals surface area contributed by atoms with Gasteiger partial charge in [0.25, 0.3) is 0 Å². The lowest BCUT2D eigenvalue weighted by Gasteiger charge is -2.15. The molecule has 0 spiro atoms. The van der Waals surface area contributed by atoms with Crippen LogP contribution in [0.3, 0.4) is 0 Å². The molecule has 3 aromatic heterocycles. The topological polar surface area (TPSA) is 38.7 Å². The normalized spacial score (nSPS) is 11.5. The van der Waals surface area contributed by atoms with E-state index >= 15 is 0 Å². The molecule has 0 saturated carbocycles. The van der Waals surface area contributed by atoms with Gasteiger partial charge in [-0.05, 0) is 85.9 Å². The summed E-state index contributed by atoms with van der Waals surface area (Å²) in [6.07, 6.45) is 7.49. The Morgan fingerprint density at radius 1 is 0.375 bits per heavy atom. The maximum atomic E-state index is 5.23. The lowest BCUT2D eigenvalue weighted by molar-refractivity contribution is 1.32. The zero-order chi connectivity index (χ0) is 26.5. The fourth-order valence-electron chi connectivity index (χ4n) is 5.78. The SMILES string of the molecule is c1ccc2c(-c3cc(-c4ccc5ccncc5c4)nc(-c4ccc5ccncc5c4)c3)c3ccccc3cc2c1. The highest BCUT2D eigenvalue weighted by Crippen LogP contribution is 2.39. The van der Waals surface area contributed by atoms with Crippen molar-refractivity contribution < 1.29 is 0 Å². The van der Waals surface area contributed by atoms with Crippen molar-refractivity contribution in [2.75, 3.05) is 0 Å². The molecule has 40 heavy (non-hydrogen) atoms. The van der Waals surface area contributed by atoms with Crippen molar-refractivity contribution in [1.82, 2.24) is 15.0 Å². The fourth-order valence-corrected chi connectivity index (χ4v) is 5.78. The van der Waals surface area contributed by atoms with E-state index < -0.39 is 0 Å². The van der Waals surface area contributed by atoms with Gasteiger partial charge in [0.1, 0.15) is 0 Å². The Morgan fingerprint density at radius 3 is 1.45 bits per heavy atom. The smallest absolute Gasteiger partial charge is 0.0715 e. The number of hydrogen-bond acceptors (Lipinski definition) is 3. The average molecular weight is 510 g/mol. The second-order valence-electron chi connectivity index (χ2n) is 10.2. The van der Waals surface area contributed by atoms with E-state index in [1.165, 1.54) is 27.1 Å². The fraction of sp³-hybridized carbons (Fsp3) is 0. The molecule has 5 aromatic carbocycles. The largest absolute Gasteiger partial charge is 0.264 e. The summed E-state index contributed by atoms with van der Waals surface area (Å²) >= 11 is 0. The van der Waals surface area contributed by atoms with Crippen LogP contribution in [0.25, 0.3) is 76.7 Å². The van der Waals surface area contributed by atoms with Crippen molar-refractivity contribution in [3.8, 4) is 33.6 Å². The molecule has 186 valence electrons. The Hall–Kier alpha value is -5.41. The minimum Gasteiger partial charge on any atom is -0.264 e. The Labute approximate surface area is 231 Å². The maximum absolute atomic E-state index is 5.23. The van der Waals surface area contributed by atoms with Crippen LogP contribution < -0.4 is 0 Å². The van der Waals surface area contributed by atoms with Crippen LogP contribution in [0.15, 0.2) is 140 Å². The van der Waals surface area contributed by atoms with Crippen LogP contribution in [0.4, 0.5) is 0 Å². The zero-order valence-corrected chi connectivity index (χ0v) is 21.6. The van der Waals surface area contributed by atoms with Gasteiger partial charge in [0, 0.05) is 46.7 Å². The van der Waals surface area contributed by atoms with Gasteiger partial charge in [0.05, 0.1) is 11.4 Å². The lowest BCUT2D eigenvalue weighted by atomic mass is 9.90. The van der Waals surface area contributed by atoms with Crippen molar-refractivity contribution in [3.05, 3.63) is 140 Å². The van der Waals surface area contributed by atoms with E-state index in [2.05, 4.69) is 113 Å². The molecule has 0 amide bonds. The van der Waals surface area contributed by atoms with Crippen molar-refractivity contribution in [1.29, 1.82) is 0 Å². The van der Waals surface area contributed by atoms with Gasteiger partial charge in [-0.2, -0.15) is 0 Å². The molecule has 8 rings (SSSR count). The summed E-state index contributed by atoms with van der Waals surface area (Å²) in [7, 11) is 0. The molecule has 0 unspecified atom stereocenters. The summed E-state index contributed by atoms with van der Waals surface area (Å²) in [6, 6.07) is 41.1. The van der Waals surface area contributed by atoms with Crippen molar-refractivity contribution >= 4 is 43.1 Å². The maximum Gasteiger partial charge on any atom is 0.0715 e. The van der Waals surface area contributed by atoms with Gasteiger partial charge in [-0.25, -0.2) is 4.98 Å². The number of hydrogen-bond donors (Lipinski definition) is 0. The number of nitrogens with zero attached hydrogens (tertiary/aromatic N) is 3. The Bertz CT molecular complexity index is 2080. The molecule has 0 saturated heterocycles. The van der Waals surface area contributed by atoms with Gasteiger partial charge < -0.3 is 0 Å². The first-order valence-corrected chi connectivity index (χ1v) is 13.4. The molecule has 3 nitrogen and oxygen atoms in total. The first-order chi connectivity index (χ1) is 19.8. The van der Waals surface area contributed by atoms with Gasteiger partial charge in [0.15, 0.2) is 0 Å². The van der Waals surface area contributed by atoms with Gasteiger partial charge in [-0.15, -0.1) is 0 Å². The molecule has 8 aromatic rings. The molecule has 0 bridgehead atoms. The number of rotatable bonds is 3. The molecule has 0 aliphatic heterocycles. The third kappa shape index (κ3) is 3.79. The van der Waals surface area contributed by atoms with Crippen LogP contribution in [0.1, 0.15) is 0 Å². The standard InChI is InChI=1S/C37H23N3/c1-3-7-33-26(5-1)17-27-6-2-4-8-34(27)37(33)30-20-35(28-11-9-24-13-15-38-22-31(24)18-28)40-36(21-30)29-12-10-25-14-16-39-23-32(25)19-29/h1-23H. The Morgan fingerprint density at radius 2 is 0.900 bits per heavy atom. The van der Waals surface area contributed by atoms with Crippen LogP contribution in [0, 0.1) is 0 Å². The summed E-state index contributed by atoms with van der Waals surface area (Å²) in [5.41, 5.74) is 6.36. The first kappa shape index (κ1) is 22.6. The lowest BCUT2D eigenvalue weighted by Crippen LogP contribution is -1.93. The van der Waals surface area contributed by atoms with E-state index in [9.17, 15) is 0 Å². The number of aromatic nitrogens is 3. The van der Waals surface area contributed by atoms with E-state index in [1.54, 1.807) is 0 Å². The minimum atomic E-state index is 0.932. The molecule has 0 radical (unpaired) electrons. The molecule has 0 aliphatic carbocycles. The molecule has 0 fully saturated rings. The average Bonchev–Trinajstić information content (AvgIpc) is 3.03. The van der Waals surface area contributed by atoms with E-state index in [-0.39, 0.29) is 0 Å². The molecular weight excluding hydrogens is 486 g/mol. The van der Waals surface area contributed by atoms with Crippen molar-refractivity contribution in [2.45, 2.75) is 0 Å². The third-order valence-electron chi connectivity index (χ3n) is 7.76. The third-order valence-corrected chi connectivity index (χ3v) is 7.76. The van der Waals surface area contributed by atoms with E-state index in [0.717, 1.165) is 49.6 Å². The second-order valence-corrected chi connectivity index (χ2v) is 10.2. The molecule has 0 atom stereocenters. The predicted octanol–water partition coefficient (Wildman–Crippen LogP) is 9.49. The van der Waals surface area contributed by atoms with E-state index in [1.807, 2.05) is 36.9 Å². The highest BCUT2D eigenvalue weighted by molar-refractivity contribution is 6.13. The number of fused-ring (bicyclic) bond motifs is 4. The van der Waals surface area contributed by atoms with Crippen LogP contribution in [-0.2, 0) is 0 Å². The van der Waals surface area contributed by atoms with Crippen LogP contribution in [0.5, 0.6) is 0 Å². The molecule has 3 heterocycles. The van der Waals surface area contributed by atoms with Crippen LogP contribution in [-0.4, -0.2) is 15.0 Å². The summed E-state index contributed by atoms with van der Waals surface area (Å²) in [5, 5.41) is 9.44. The van der Waals surface area contributed by atoms with Gasteiger partial charge in [0.2, 0.25) is 0 Å². The zero-order valence-electron chi connectivity index (χ0n) is 21.6. The summed E-state index contributed by atoms with van der Waals surface area (Å²) in [4.78, 5) is 13.9. The summed E-state index contributed by atoms with van der Waals surface area (Å²) in [6.45, 7) is 0. The van der Waals surface area contributed by atoms with Gasteiger partial charge in [-0.1, -0.05) is 72.8 Å². The molecule has 0 N–H and O–H groups in total. The quantitative estimate of drug-likeness (QED) is 0.223. The Balaban J connectivity index is 1.44. The summed E-state index contributed by atoms with van der Waals surface area (Å²) in [5.74, 6) is 0. The first-order valence-electron chi connectivity index (χ1n) is 13.4. The van der Waals surface area contributed by atoms with Crippen molar-refractivity contribution in [2.24, 2.45) is 0 Å². The van der Waals surface area contributed by atoms with Crippen molar-refractivity contribution in [3.63, 3.8) is 0 Å². The van der Waals surface area contributed by atoms with E-state index in [4.69, 9.17) is 4.98 Å². The summed E-state index contributed by atoms with van der Waals surface area (Å²) < 4.78 is 0. The minimum absolute atomic E-state index is 0.932. The highest BCUT2D eigenvalue weighted by atomic mass is 14.7. The van der Waals surface area contributed by atoms with Crippen LogP contribution in [0.2, 0.25) is 0 Å². The van der Waals surface area contributed by atoms with Crippen LogP contribution >= 0.6 is 0 Å². The molecular formula is C37H23N3. The van der Waals surface area contributed by atoms with E-state index in [0.29, 0.717) is 0 Å². The number of benzene rings is 5. The van der Waals surface area contributed by atoms with Gasteiger partial charge >= 0.3 is 0 Å². The second kappa shape index (κ2) is 9.11. The predicted molar refractivity (Wildman–Crippen MR) is 166 cm³/mol. The highest BCUT2D eigenvalue weighted by Gasteiger charge is 2.15.